The number of carbonyl (C=O) groups excluding carboxylic acids is 1. The first-order chi connectivity index (χ1) is 13.1. The van der Waals surface area contributed by atoms with Gasteiger partial charge in [0.2, 0.25) is 0 Å². The highest BCUT2D eigenvalue weighted by atomic mass is 19.1. The second-order valence-electron chi connectivity index (χ2n) is 5.96. The molecule has 0 fully saturated rings. The van der Waals surface area contributed by atoms with E-state index in [1.165, 1.54) is 24.4 Å². The number of benzene rings is 2. The third kappa shape index (κ3) is 3.39. The van der Waals surface area contributed by atoms with E-state index < -0.39 is 11.7 Å². The summed E-state index contributed by atoms with van der Waals surface area (Å²) in [4.78, 5) is 12.5. The molecule has 0 aliphatic rings. The van der Waals surface area contributed by atoms with Crippen LogP contribution in [0, 0.1) is 17.1 Å². The molecule has 4 aromatic rings. The highest BCUT2D eigenvalue weighted by molar-refractivity contribution is 6.10. The zero-order valence-corrected chi connectivity index (χ0v) is 14.0. The van der Waals surface area contributed by atoms with Crippen molar-refractivity contribution in [3.05, 3.63) is 77.5 Å². The predicted octanol–water partition coefficient (Wildman–Crippen LogP) is 3.07. The van der Waals surface area contributed by atoms with Crippen molar-refractivity contribution >= 4 is 22.5 Å². The van der Waals surface area contributed by atoms with Crippen LogP contribution in [0.3, 0.4) is 0 Å². The van der Waals surface area contributed by atoms with Crippen molar-refractivity contribution in [1.29, 1.82) is 5.26 Å². The number of hydrogen-bond donors (Lipinski definition) is 2. The number of nitrogens with zero attached hydrogens (tertiary/aromatic N) is 4. The summed E-state index contributed by atoms with van der Waals surface area (Å²) < 4.78 is 15.1. The van der Waals surface area contributed by atoms with Gasteiger partial charge in [0.15, 0.2) is 5.69 Å². The van der Waals surface area contributed by atoms with E-state index in [2.05, 4.69) is 26.7 Å². The minimum absolute atomic E-state index is 0.110. The molecular formula is C19H13FN6O. The maximum Gasteiger partial charge on any atom is 0.276 e. The first-order valence-electron chi connectivity index (χ1n) is 8.09. The largest absolute Gasteiger partial charge is 0.318 e. The van der Waals surface area contributed by atoms with Gasteiger partial charge in [-0.3, -0.25) is 14.6 Å². The molecule has 0 spiro atoms. The Morgan fingerprint density at radius 3 is 3.04 bits per heavy atom. The average molecular weight is 360 g/mol. The number of carbonyl (C=O) groups is 1. The number of aromatic nitrogens is 4. The van der Waals surface area contributed by atoms with Crippen LogP contribution in [0.1, 0.15) is 21.6 Å². The summed E-state index contributed by atoms with van der Waals surface area (Å²) in [6, 6.07) is 13.4. The number of nitriles is 1. The lowest BCUT2D eigenvalue weighted by molar-refractivity contribution is 0.102. The second-order valence-corrected chi connectivity index (χ2v) is 5.96. The zero-order chi connectivity index (χ0) is 18.8. The molecule has 0 radical (unpaired) electrons. The molecule has 7 nitrogen and oxygen atoms in total. The van der Waals surface area contributed by atoms with E-state index in [1.54, 1.807) is 23.0 Å². The van der Waals surface area contributed by atoms with Crippen molar-refractivity contribution in [2.24, 2.45) is 0 Å². The lowest BCUT2D eigenvalue weighted by Crippen LogP contribution is -2.12. The standard InChI is InChI=1S/C19H13FN6O/c20-14-4-5-17-16(7-14)18(25-24-17)19(27)23-15-9-22-26(11-15)10-13-3-1-2-12(6-13)8-21/h1-7,9,11H,10H2,(H,23,27)(H,24,25). The van der Waals surface area contributed by atoms with Crippen LogP contribution in [0.5, 0.6) is 0 Å². The molecule has 0 aliphatic carbocycles. The Labute approximate surface area is 153 Å². The van der Waals surface area contributed by atoms with E-state index in [-0.39, 0.29) is 5.69 Å². The summed E-state index contributed by atoms with van der Waals surface area (Å²) in [5.74, 6) is -0.900. The smallest absolute Gasteiger partial charge is 0.276 e. The quantitative estimate of drug-likeness (QED) is 0.584. The lowest BCUT2D eigenvalue weighted by Gasteiger charge is -2.02. The molecule has 0 unspecified atom stereocenters. The zero-order valence-electron chi connectivity index (χ0n) is 14.0. The lowest BCUT2D eigenvalue weighted by atomic mass is 10.1. The van der Waals surface area contributed by atoms with Crippen LogP contribution in [0.15, 0.2) is 54.9 Å². The predicted molar refractivity (Wildman–Crippen MR) is 96.5 cm³/mol. The minimum Gasteiger partial charge on any atom is -0.318 e. The first kappa shape index (κ1) is 16.5. The number of rotatable bonds is 4. The molecule has 0 saturated carbocycles. The maximum absolute atomic E-state index is 13.4. The van der Waals surface area contributed by atoms with Gasteiger partial charge in [0.05, 0.1) is 35.6 Å². The van der Waals surface area contributed by atoms with E-state index in [4.69, 9.17) is 5.26 Å². The Balaban J connectivity index is 1.51. The van der Waals surface area contributed by atoms with E-state index in [9.17, 15) is 9.18 Å². The monoisotopic (exact) mass is 360 g/mol. The SMILES string of the molecule is N#Cc1cccc(Cn2cc(NC(=O)c3n[nH]c4ccc(F)cc34)cn2)c1. The van der Waals surface area contributed by atoms with Crippen LogP contribution in [0.4, 0.5) is 10.1 Å². The van der Waals surface area contributed by atoms with Gasteiger partial charge in [-0.2, -0.15) is 15.5 Å². The van der Waals surface area contributed by atoms with Crippen molar-refractivity contribution in [2.45, 2.75) is 6.54 Å². The van der Waals surface area contributed by atoms with Gasteiger partial charge in [-0.1, -0.05) is 12.1 Å². The first-order valence-corrected chi connectivity index (χ1v) is 8.09. The topological polar surface area (TPSA) is 99.4 Å². The summed E-state index contributed by atoms with van der Waals surface area (Å²) in [5.41, 5.74) is 2.67. The number of nitrogens with one attached hydrogen (secondary N) is 2. The van der Waals surface area contributed by atoms with Crippen LogP contribution in [0.25, 0.3) is 10.9 Å². The highest BCUT2D eigenvalue weighted by Gasteiger charge is 2.15. The molecule has 27 heavy (non-hydrogen) atoms. The van der Waals surface area contributed by atoms with Gasteiger partial charge in [-0.05, 0) is 35.9 Å². The van der Waals surface area contributed by atoms with Gasteiger partial charge >= 0.3 is 0 Å². The Kier molecular flexibility index (Phi) is 4.10. The van der Waals surface area contributed by atoms with Crippen molar-refractivity contribution in [1.82, 2.24) is 20.0 Å². The second kappa shape index (κ2) is 6.72. The summed E-state index contributed by atoms with van der Waals surface area (Å²) in [6.45, 7) is 0.460. The Morgan fingerprint density at radius 2 is 2.19 bits per heavy atom. The molecule has 132 valence electrons. The number of hydrogen-bond acceptors (Lipinski definition) is 4. The Bertz CT molecular complexity index is 1190. The highest BCUT2D eigenvalue weighted by Crippen LogP contribution is 2.18. The Morgan fingerprint density at radius 1 is 1.30 bits per heavy atom. The molecule has 0 bridgehead atoms. The molecule has 1 amide bonds. The molecule has 0 saturated heterocycles. The molecule has 2 N–H and O–H groups in total. The summed E-state index contributed by atoms with van der Waals surface area (Å²) in [7, 11) is 0. The fourth-order valence-electron chi connectivity index (χ4n) is 2.79. The van der Waals surface area contributed by atoms with E-state index in [0.717, 1.165) is 5.56 Å². The molecular weight excluding hydrogens is 347 g/mol. The fraction of sp³-hybridized carbons (Fsp3) is 0.0526. The number of amides is 1. The normalized spacial score (nSPS) is 10.7. The van der Waals surface area contributed by atoms with Crippen molar-refractivity contribution in [3.8, 4) is 6.07 Å². The van der Waals surface area contributed by atoms with Gasteiger partial charge in [-0.25, -0.2) is 4.39 Å². The number of anilines is 1. The van der Waals surface area contributed by atoms with E-state index >= 15 is 0 Å². The van der Waals surface area contributed by atoms with Crippen LogP contribution in [-0.4, -0.2) is 25.9 Å². The van der Waals surface area contributed by atoms with Gasteiger partial charge in [0.1, 0.15) is 5.82 Å². The number of aromatic amines is 1. The van der Waals surface area contributed by atoms with Gasteiger partial charge in [0, 0.05) is 11.6 Å². The van der Waals surface area contributed by atoms with Gasteiger partial charge < -0.3 is 5.32 Å². The molecule has 2 aromatic heterocycles. The molecule has 2 aromatic carbocycles. The number of fused-ring (bicyclic) bond motifs is 1. The van der Waals surface area contributed by atoms with E-state index in [0.29, 0.717) is 28.7 Å². The molecule has 0 atom stereocenters. The molecule has 2 heterocycles. The van der Waals surface area contributed by atoms with Crippen molar-refractivity contribution < 1.29 is 9.18 Å². The summed E-state index contributed by atoms with van der Waals surface area (Å²) in [6.07, 6.45) is 3.19. The van der Waals surface area contributed by atoms with Gasteiger partial charge in [-0.15, -0.1) is 0 Å². The van der Waals surface area contributed by atoms with Crippen LogP contribution < -0.4 is 5.32 Å². The van der Waals surface area contributed by atoms with Crippen molar-refractivity contribution in [2.75, 3.05) is 5.32 Å². The number of halogens is 1. The average Bonchev–Trinajstić information content (AvgIpc) is 3.28. The molecule has 8 heteroatoms. The minimum atomic E-state index is -0.460. The number of H-pyrrole nitrogens is 1. The van der Waals surface area contributed by atoms with Crippen LogP contribution >= 0.6 is 0 Å². The summed E-state index contributed by atoms with van der Waals surface area (Å²) >= 11 is 0. The van der Waals surface area contributed by atoms with Gasteiger partial charge in [0.25, 0.3) is 5.91 Å². The molecule has 4 rings (SSSR count). The fourth-order valence-corrected chi connectivity index (χ4v) is 2.79. The third-order valence-electron chi connectivity index (χ3n) is 4.03. The maximum atomic E-state index is 13.4. The summed E-state index contributed by atoms with van der Waals surface area (Å²) in [5, 5.41) is 23.0. The Hall–Kier alpha value is -3.99. The third-order valence-corrected chi connectivity index (χ3v) is 4.03. The molecule has 0 aliphatic heterocycles. The van der Waals surface area contributed by atoms with Crippen LogP contribution in [-0.2, 0) is 6.54 Å². The van der Waals surface area contributed by atoms with E-state index in [1.807, 2.05) is 12.1 Å². The van der Waals surface area contributed by atoms with Crippen LogP contribution in [0.2, 0.25) is 0 Å². The van der Waals surface area contributed by atoms with Crippen molar-refractivity contribution in [3.63, 3.8) is 0 Å².